The van der Waals surface area contributed by atoms with Gasteiger partial charge in [0.1, 0.15) is 12.2 Å². The smallest absolute Gasteiger partial charge is 0.330 e. The number of halogens is 1. The topological polar surface area (TPSA) is 85.8 Å². The van der Waals surface area contributed by atoms with Crippen molar-refractivity contribution in [2.24, 2.45) is 0 Å². The van der Waals surface area contributed by atoms with Crippen LogP contribution in [0.1, 0.15) is 11.8 Å². The van der Waals surface area contributed by atoms with Crippen molar-refractivity contribution >= 4 is 0 Å². The summed E-state index contributed by atoms with van der Waals surface area (Å²) in [6.07, 6.45) is -2.89. The number of aromatic amines is 1. The van der Waals surface area contributed by atoms with Gasteiger partial charge in [-0.05, 0) is 14.1 Å². The van der Waals surface area contributed by atoms with Gasteiger partial charge in [0.05, 0.1) is 6.61 Å². The number of nitrogens with zero attached hydrogens (tertiary/aromatic N) is 2. The van der Waals surface area contributed by atoms with E-state index >= 15 is 0 Å². The molecule has 23 heavy (non-hydrogen) atoms. The SMILES string of the molecule is COCC1O[C@@H](n2cc(CN(C)C)c(=O)[nH]c2=O)C(F)[C@@H]1OC. The number of hydrogen-bond donors (Lipinski definition) is 1. The van der Waals surface area contributed by atoms with Crippen LogP contribution in [0.2, 0.25) is 0 Å². The first-order valence-corrected chi connectivity index (χ1v) is 7.19. The van der Waals surface area contributed by atoms with Gasteiger partial charge in [0.2, 0.25) is 0 Å². The molecule has 0 saturated carbocycles. The van der Waals surface area contributed by atoms with E-state index in [0.29, 0.717) is 12.1 Å². The van der Waals surface area contributed by atoms with Crippen molar-refractivity contribution in [2.45, 2.75) is 31.2 Å². The van der Waals surface area contributed by atoms with Gasteiger partial charge in [-0.3, -0.25) is 14.3 Å². The number of ether oxygens (including phenoxy) is 3. The molecule has 1 aromatic rings. The minimum atomic E-state index is -1.56. The average molecular weight is 331 g/mol. The summed E-state index contributed by atoms with van der Waals surface area (Å²) in [5.41, 5.74) is -0.877. The maximum absolute atomic E-state index is 14.6. The molecule has 2 unspecified atom stereocenters. The third-order valence-corrected chi connectivity index (χ3v) is 3.67. The largest absolute Gasteiger partial charge is 0.382 e. The Morgan fingerprint density at radius 1 is 1.39 bits per heavy atom. The van der Waals surface area contributed by atoms with E-state index in [4.69, 9.17) is 14.2 Å². The monoisotopic (exact) mass is 331 g/mol. The predicted molar refractivity (Wildman–Crippen MR) is 80.2 cm³/mol. The minimum Gasteiger partial charge on any atom is -0.382 e. The Bertz CT molecular complexity index is 644. The Balaban J connectivity index is 2.37. The van der Waals surface area contributed by atoms with Crippen LogP contribution in [0.15, 0.2) is 15.8 Å². The van der Waals surface area contributed by atoms with E-state index < -0.39 is 35.9 Å². The Labute approximate surface area is 132 Å². The van der Waals surface area contributed by atoms with Gasteiger partial charge in [0.15, 0.2) is 12.4 Å². The number of methoxy groups -OCH3 is 2. The number of nitrogens with one attached hydrogen (secondary N) is 1. The Morgan fingerprint density at radius 2 is 2.09 bits per heavy atom. The van der Waals surface area contributed by atoms with E-state index in [2.05, 4.69) is 4.98 Å². The Kier molecular flexibility index (Phi) is 5.69. The lowest BCUT2D eigenvalue weighted by atomic mass is 10.1. The molecule has 1 aliphatic rings. The summed E-state index contributed by atoms with van der Waals surface area (Å²) < 4.78 is 31.4. The summed E-state index contributed by atoms with van der Waals surface area (Å²) in [6.45, 7) is 0.451. The molecule has 8 nitrogen and oxygen atoms in total. The van der Waals surface area contributed by atoms with Crippen LogP contribution in [0.25, 0.3) is 0 Å². The number of aromatic nitrogens is 2. The molecule has 0 aromatic carbocycles. The van der Waals surface area contributed by atoms with Crippen molar-refractivity contribution in [3.05, 3.63) is 32.6 Å². The molecule has 0 aliphatic carbocycles. The van der Waals surface area contributed by atoms with Crippen molar-refractivity contribution in [2.75, 3.05) is 34.9 Å². The summed E-state index contributed by atoms with van der Waals surface area (Å²) in [7, 11) is 6.42. The zero-order valence-electron chi connectivity index (χ0n) is 13.6. The van der Waals surface area contributed by atoms with Crippen LogP contribution in [0.3, 0.4) is 0 Å². The molecule has 130 valence electrons. The highest BCUT2D eigenvalue weighted by Crippen LogP contribution is 2.32. The van der Waals surface area contributed by atoms with E-state index in [9.17, 15) is 14.0 Å². The number of H-pyrrole nitrogens is 1. The molecule has 1 aromatic heterocycles. The maximum atomic E-state index is 14.6. The van der Waals surface area contributed by atoms with E-state index in [1.807, 2.05) is 0 Å². The van der Waals surface area contributed by atoms with Crippen LogP contribution in [-0.2, 0) is 20.8 Å². The summed E-state index contributed by atoms with van der Waals surface area (Å²) in [5, 5.41) is 0. The van der Waals surface area contributed by atoms with Crippen LogP contribution in [-0.4, -0.2) is 67.8 Å². The fraction of sp³-hybridized carbons (Fsp3) is 0.714. The molecule has 1 aliphatic heterocycles. The molecular formula is C14H22FN3O5. The normalized spacial score (nSPS) is 27.7. The standard InChI is InChI=1S/C14H22FN3O5/c1-17(2)5-8-6-18(14(20)16-12(8)19)13-10(15)11(22-4)9(23-13)7-21-3/h6,9-11,13H,5,7H2,1-4H3,(H,16,19,20)/t9?,10?,11-,13-/m1/s1. The van der Waals surface area contributed by atoms with Gasteiger partial charge in [0.25, 0.3) is 5.56 Å². The summed E-state index contributed by atoms with van der Waals surface area (Å²) in [5.74, 6) is 0. The van der Waals surface area contributed by atoms with Gasteiger partial charge in [0, 0.05) is 32.5 Å². The molecule has 2 heterocycles. The first-order chi connectivity index (χ1) is 10.9. The maximum Gasteiger partial charge on any atom is 0.330 e. The van der Waals surface area contributed by atoms with Crippen molar-refractivity contribution in [1.29, 1.82) is 0 Å². The fourth-order valence-electron chi connectivity index (χ4n) is 2.67. The molecule has 1 fully saturated rings. The van der Waals surface area contributed by atoms with E-state index in [1.165, 1.54) is 20.4 Å². The fourth-order valence-corrected chi connectivity index (χ4v) is 2.67. The van der Waals surface area contributed by atoms with Gasteiger partial charge >= 0.3 is 5.69 Å². The first-order valence-electron chi connectivity index (χ1n) is 7.19. The molecule has 0 spiro atoms. The molecular weight excluding hydrogens is 309 g/mol. The number of rotatable bonds is 6. The van der Waals surface area contributed by atoms with E-state index in [-0.39, 0.29) is 6.61 Å². The number of alkyl halides is 1. The zero-order valence-corrected chi connectivity index (χ0v) is 13.6. The summed E-state index contributed by atoms with van der Waals surface area (Å²) in [6, 6.07) is 0. The highest BCUT2D eigenvalue weighted by Gasteiger charge is 2.46. The van der Waals surface area contributed by atoms with Crippen molar-refractivity contribution in [3.8, 4) is 0 Å². The van der Waals surface area contributed by atoms with Crippen LogP contribution >= 0.6 is 0 Å². The van der Waals surface area contributed by atoms with Crippen LogP contribution in [0, 0.1) is 0 Å². The van der Waals surface area contributed by atoms with Gasteiger partial charge in [-0.1, -0.05) is 0 Å². The second-order valence-corrected chi connectivity index (χ2v) is 5.72. The second-order valence-electron chi connectivity index (χ2n) is 5.72. The highest BCUT2D eigenvalue weighted by molar-refractivity contribution is 5.06. The average Bonchev–Trinajstić information content (AvgIpc) is 2.78. The lowest BCUT2D eigenvalue weighted by Gasteiger charge is -2.18. The minimum absolute atomic E-state index is 0.137. The second kappa shape index (κ2) is 7.35. The summed E-state index contributed by atoms with van der Waals surface area (Å²) >= 11 is 0. The van der Waals surface area contributed by atoms with Crippen LogP contribution in [0.5, 0.6) is 0 Å². The first kappa shape index (κ1) is 17.8. The lowest BCUT2D eigenvalue weighted by Crippen LogP contribution is -2.38. The molecule has 0 amide bonds. The Hall–Kier alpha value is -1.55. The number of hydrogen-bond acceptors (Lipinski definition) is 6. The molecule has 2 rings (SSSR count). The molecule has 4 atom stereocenters. The highest BCUT2D eigenvalue weighted by atomic mass is 19.1. The summed E-state index contributed by atoms with van der Waals surface area (Å²) in [4.78, 5) is 27.8. The quantitative estimate of drug-likeness (QED) is 0.756. The Morgan fingerprint density at radius 3 is 2.65 bits per heavy atom. The third kappa shape index (κ3) is 3.69. The van der Waals surface area contributed by atoms with Crippen molar-refractivity contribution < 1.29 is 18.6 Å². The molecule has 1 N–H and O–H groups in total. The van der Waals surface area contributed by atoms with E-state index in [0.717, 1.165) is 4.57 Å². The molecule has 9 heteroatoms. The molecule has 0 radical (unpaired) electrons. The molecule has 1 saturated heterocycles. The third-order valence-electron chi connectivity index (χ3n) is 3.67. The van der Waals surface area contributed by atoms with Gasteiger partial charge in [-0.2, -0.15) is 0 Å². The lowest BCUT2D eigenvalue weighted by molar-refractivity contribution is -0.0626. The van der Waals surface area contributed by atoms with Crippen LogP contribution < -0.4 is 11.2 Å². The molecule has 0 bridgehead atoms. The van der Waals surface area contributed by atoms with Gasteiger partial charge < -0.3 is 19.1 Å². The van der Waals surface area contributed by atoms with Gasteiger partial charge in [-0.15, -0.1) is 0 Å². The van der Waals surface area contributed by atoms with Gasteiger partial charge in [-0.25, -0.2) is 9.18 Å². The van der Waals surface area contributed by atoms with Crippen molar-refractivity contribution in [1.82, 2.24) is 14.5 Å². The van der Waals surface area contributed by atoms with E-state index in [1.54, 1.807) is 19.0 Å². The van der Waals surface area contributed by atoms with Crippen LogP contribution in [0.4, 0.5) is 4.39 Å². The zero-order chi connectivity index (χ0) is 17.1. The van der Waals surface area contributed by atoms with Crippen molar-refractivity contribution in [3.63, 3.8) is 0 Å². The predicted octanol–water partition coefficient (Wildman–Crippen LogP) is -0.505.